The Hall–Kier alpha value is -2.69. The number of pyridine rings is 1. The zero-order valence-electron chi connectivity index (χ0n) is 17.4. The van der Waals surface area contributed by atoms with E-state index in [4.69, 9.17) is 14.6 Å². The monoisotopic (exact) mass is 434 g/mol. The van der Waals surface area contributed by atoms with E-state index >= 15 is 0 Å². The Balaban J connectivity index is 2.02. The van der Waals surface area contributed by atoms with E-state index in [2.05, 4.69) is 10.3 Å². The lowest BCUT2D eigenvalue weighted by Gasteiger charge is -2.48. The van der Waals surface area contributed by atoms with Gasteiger partial charge in [0.25, 0.3) is 10.2 Å². The van der Waals surface area contributed by atoms with Crippen molar-refractivity contribution >= 4 is 21.8 Å². The van der Waals surface area contributed by atoms with Crippen molar-refractivity contribution in [1.29, 1.82) is 0 Å². The number of anilines is 1. The summed E-state index contributed by atoms with van der Waals surface area (Å²) in [5.41, 5.74) is 1.02. The molecule has 9 nitrogen and oxygen atoms in total. The van der Waals surface area contributed by atoms with Crippen LogP contribution in [0.4, 0.5) is 5.69 Å². The molecule has 1 aliphatic heterocycles. The highest BCUT2D eigenvalue weighted by molar-refractivity contribution is 7.86. The molecule has 0 unspecified atom stereocenters. The quantitative estimate of drug-likeness (QED) is 0.682. The molecule has 1 aromatic carbocycles. The Morgan fingerprint density at radius 2 is 1.83 bits per heavy atom. The molecule has 0 atom stereocenters. The summed E-state index contributed by atoms with van der Waals surface area (Å²) in [6.45, 7) is 3.95. The normalized spacial score (nSPS) is 16.1. The number of nitrogens with two attached hydrogens (primary N) is 1. The van der Waals surface area contributed by atoms with E-state index < -0.39 is 15.6 Å². The van der Waals surface area contributed by atoms with Crippen molar-refractivity contribution in [3.63, 3.8) is 0 Å². The number of methoxy groups -OCH3 is 2. The van der Waals surface area contributed by atoms with Gasteiger partial charge in [0.05, 0.1) is 14.2 Å². The van der Waals surface area contributed by atoms with Gasteiger partial charge in [-0.15, -0.1) is 0 Å². The van der Waals surface area contributed by atoms with Crippen molar-refractivity contribution in [2.24, 2.45) is 5.14 Å². The molecule has 2 aromatic rings. The summed E-state index contributed by atoms with van der Waals surface area (Å²) >= 11 is 0. The van der Waals surface area contributed by atoms with Gasteiger partial charge in [-0.25, -0.2) is 5.14 Å². The fraction of sp³-hybridized carbons (Fsp3) is 0.400. The van der Waals surface area contributed by atoms with Crippen LogP contribution < -0.4 is 19.9 Å². The van der Waals surface area contributed by atoms with Gasteiger partial charge < -0.3 is 14.8 Å². The Morgan fingerprint density at radius 1 is 1.17 bits per heavy atom. The van der Waals surface area contributed by atoms with E-state index in [1.807, 2.05) is 38.1 Å². The van der Waals surface area contributed by atoms with E-state index in [0.717, 1.165) is 15.4 Å². The number of hydrogen-bond acceptors (Lipinski definition) is 6. The molecular formula is C20H26N4O5S. The summed E-state index contributed by atoms with van der Waals surface area (Å²) in [5.74, 6) is 0.318. The van der Waals surface area contributed by atoms with Gasteiger partial charge in [-0.3, -0.25) is 4.79 Å². The van der Waals surface area contributed by atoms with Crippen molar-refractivity contribution < 1.29 is 22.7 Å². The predicted molar refractivity (Wildman–Crippen MR) is 113 cm³/mol. The van der Waals surface area contributed by atoms with Gasteiger partial charge in [-0.1, -0.05) is 38.1 Å². The summed E-state index contributed by atoms with van der Waals surface area (Å²) in [6.07, 6.45) is 0. The second-order valence-corrected chi connectivity index (χ2v) is 9.05. The Labute approximate surface area is 176 Å². The smallest absolute Gasteiger partial charge is 0.276 e. The minimum Gasteiger partial charge on any atom is -0.481 e. The number of hydrogen-bond donors (Lipinski definition) is 2. The lowest BCUT2D eigenvalue weighted by molar-refractivity contribution is -0.125. The molecule has 0 spiro atoms. The molecule has 1 aromatic heterocycles. The fourth-order valence-corrected chi connectivity index (χ4v) is 4.44. The standard InChI is InChI=1S/C20H26N4O5S/c1-13(2)14-7-5-6-8-15(14)20(11-24(12-20)30(21,26)27)19(25)22-16-9-10-17(28-3)23-18(16)29-4/h5-10,13H,11-12H2,1-4H3,(H,22,25)(H2,21,26,27). The number of amides is 1. The molecule has 3 rings (SSSR count). The molecule has 0 saturated carbocycles. The first-order chi connectivity index (χ1) is 14.1. The molecule has 0 bridgehead atoms. The third-order valence-corrected chi connectivity index (χ3v) is 6.25. The average Bonchev–Trinajstić information content (AvgIpc) is 2.66. The largest absolute Gasteiger partial charge is 0.481 e. The van der Waals surface area contributed by atoms with Crippen LogP contribution in [0.25, 0.3) is 0 Å². The zero-order chi connectivity index (χ0) is 22.1. The lowest BCUT2D eigenvalue weighted by atomic mass is 9.71. The first-order valence-corrected chi connectivity index (χ1v) is 10.9. The second kappa shape index (κ2) is 8.21. The third kappa shape index (κ3) is 3.98. The van der Waals surface area contributed by atoms with Gasteiger partial charge in [0.2, 0.25) is 17.7 Å². The van der Waals surface area contributed by atoms with Gasteiger partial charge in [0.15, 0.2) is 0 Å². The molecule has 30 heavy (non-hydrogen) atoms. The van der Waals surface area contributed by atoms with Crippen molar-refractivity contribution in [3.05, 3.63) is 47.5 Å². The molecule has 1 aliphatic rings. The van der Waals surface area contributed by atoms with Gasteiger partial charge in [0.1, 0.15) is 11.1 Å². The van der Waals surface area contributed by atoms with Gasteiger partial charge >= 0.3 is 0 Å². The van der Waals surface area contributed by atoms with Crippen LogP contribution in [0, 0.1) is 0 Å². The van der Waals surface area contributed by atoms with E-state index in [9.17, 15) is 13.2 Å². The van der Waals surface area contributed by atoms with Crippen LogP contribution in [-0.4, -0.2) is 50.9 Å². The highest BCUT2D eigenvalue weighted by atomic mass is 32.2. The predicted octanol–water partition coefficient (Wildman–Crippen LogP) is 1.62. The van der Waals surface area contributed by atoms with Crippen LogP contribution in [-0.2, 0) is 20.4 Å². The molecule has 0 radical (unpaired) electrons. The highest BCUT2D eigenvalue weighted by Gasteiger charge is 2.54. The molecule has 0 aliphatic carbocycles. The van der Waals surface area contributed by atoms with Crippen LogP contribution in [0.15, 0.2) is 36.4 Å². The molecule has 1 saturated heterocycles. The maximum atomic E-state index is 13.5. The number of ether oxygens (including phenoxy) is 2. The van der Waals surface area contributed by atoms with Crippen LogP contribution in [0.2, 0.25) is 0 Å². The minimum absolute atomic E-state index is 0.0483. The molecular weight excluding hydrogens is 408 g/mol. The topological polar surface area (TPSA) is 124 Å². The van der Waals surface area contributed by atoms with E-state index in [1.54, 1.807) is 12.1 Å². The summed E-state index contributed by atoms with van der Waals surface area (Å²) in [7, 11) is -0.989. The van der Waals surface area contributed by atoms with E-state index in [1.165, 1.54) is 14.2 Å². The molecule has 3 N–H and O–H groups in total. The Bertz CT molecular complexity index is 1050. The van der Waals surface area contributed by atoms with Gasteiger partial charge in [0, 0.05) is 19.2 Å². The number of rotatable bonds is 7. The number of nitrogens with one attached hydrogen (secondary N) is 1. The highest BCUT2D eigenvalue weighted by Crippen LogP contribution is 2.41. The van der Waals surface area contributed by atoms with Crippen molar-refractivity contribution in [2.75, 3.05) is 32.6 Å². The Kier molecular flexibility index (Phi) is 6.02. The average molecular weight is 435 g/mol. The lowest BCUT2D eigenvalue weighted by Crippen LogP contribution is -2.67. The number of aromatic nitrogens is 1. The molecule has 162 valence electrons. The van der Waals surface area contributed by atoms with Crippen molar-refractivity contribution in [3.8, 4) is 11.8 Å². The molecule has 2 heterocycles. The maximum Gasteiger partial charge on any atom is 0.276 e. The van der Waals surface area contributed by atoms with Crippen molar-refractivity contribution in [1.82, 2.24) is 9.29 Å². The third-order valence-electron chi connectivity index (χ3n) is 5.27. The summed E-state index contributed by atoms with van der Waals surface area (Å²) in [6, 6.07) is 10.8. The Morgan fingerprint density at radius 3 is 2.40 bits per heavy atom. The summed E-state index contributed by atoms with van der Waals surface area (Å²) in [5, 5.41) is 8.14. The number of benzene rings is 1. The first-order valence-electron chi connectivity index (χ1n) is 9.40. The number of nitrogens with zero attached hydrogens (tertiary/aromatic N) is 2. The summed E-state index contributed by atoms with van der Waals surface area (Å²) < 4.78 is 35.1. The second-order valence-electron chi connectivity index (χ2n) is 7.50. The first kappa shape index (κ1) is 22.0. The van der Waals surface area contributed by atoms with E-state index in [0.29, 0.717) is 11.6 Å². The van der Waals surface area contributed by atoms with Crippen LogP contribution >= 0.6 is 0 Å². The molecule has 1 fully saturated rings. The number of carbonyl (C=O) groups is 1. The maximum absolute atomic E-state index is 13.5. The van der Waals surface area contributed by atoms with Crippen LogP contribution in [0.3, 0.4) is 0 Å². The van der Waals surface area contributed by atoms with Gasteiger partial charge in [-0.05, 0) is 23.1 Å². The summed E-state index contributed by atoms with van der Waals surface area (Å²) in [4.78, 5) is 17.7. The van der Waals surface area contributed by atoms with Crippen LogP contribution in [0.1, 0.15) is 30.9 Å². The van der Waals surface area contributed by atoms with Gasteiger partial charge in [-0.2, -0.15) is 17.7 Å². The van der Waals surface area contributed by atoms with Crippen LogP contribution in [0.5, 0.6) is 11.8 Å². The molecule has 10 heteroatoms. The minimum atomic E-state index is -3.91. The SMILES string of the molecule is COc1ccc(NC(=O)C2(c3ccccc3C(C)C)CN(S(N)(=O)=O)C2)c(OC)n1. The fourth-order valence-electron chi connectivity index (χ4n) is 3.64. The van der Waals surface area contributed by atoms with E-state index in [-0.39, 0.29) is 30.8 Å². The number of carbonyl (C=O) groups excluding carboxylic acids is 1. The molecule has 1 amide bonds. The van der Waals surface area contributed by atoms with Crippen molar-refractivity contribution in [2.45, 2.75) is 25.2 Å². The zero-order valence-corrected chi connectivity index (χ0v) is 18.2.